The van der Waals surface area contributed by atoms with Gasteiger partial charge in [-0.15, -0.1) is 0 Å². The van der Waals surface area contributed by atoms with E-state index in [-0.39, 0.29) is 10.9 Å². The minimum atomic E-state index is -4.02. The third-order valence-corrected chi connectivity index (χ3v) is 4.79. The fourth-order valence-corrected chi connectivity index (χ4v) is 3.17. The van der Waals surface area contributed by atoms with E-state index in [1.165, 1.54) is 29.2 Å². The van der Waals surface area contributed by atoms with Crippen LogP contribution in [-0.2, 0) is 19.1 Å². The van der Waals surface area contributed by atoms with Crippen molar-refractivity contribution in [2.24, 2.45) is 0 Å². The van der Waals surface area contributed by atoms with Crippen molar-refractivity contribution in [3.05, 3.63) is 59.6 Å². The van der Waals surface area contributed by atoms with Crippen molar-refractivity contribution in [3.63, 3.8) is 0 Å². The molecule has 0 saturated carbocycles. The van der Waals surface area contributed by atoms with Crippen LogP contribution in [0.2, 0.25) is 5.02 Å². The van der Waals surface area contributed by atoms with Gasteiger partial charge in [-0.05, 0) is 50.2 Å². The van der Waals surface area contributed by atoms with E-state index in [2.05, 4.69) is 0 Å². The molecule has 0 spiro atoms. The zero-order valence-electron chi connectivity index (χ0n) is 13.3. The maximum absolute atomic E-state index is 12.4. The van der Waals surface area contributed by atoms with Crippen LogP contribution >= 0.6 is 11.6 Å². The summed E-state index contributed by atoms with van der Waals surface area (Å²) in [7, 11) is -4.02. The predicted octanol–water partition coefficient (Wildman–Crippen LogP) is 3.49. The van der Waals surface area contributed by atoms with Crippen LogP contribution in [0.3, 0.4) is 0 Å². The smallest absolute Gasteiger partial charge is 0.297 e. The predicted molar refractivity (Wildman–Crippen MR) is 93.7 cm³/mol. The van der Waals surface area contributed by atoms with Crippen molar-refractivity contribution < 1.29 is 17.4 Å². The molecule has 0 atom stereocenters. The molecule has 24 heavy (non-hydrogen) atoms. The third-order valence-electron chi connectivity index (χ3n) is 3.26. The fraction of sp³-hybridized carbons (Fsp3) is 0.235. The van der Waals surface area contributed by atoms with Gasteiger partial charge in [-0.1, -0.05) is 29.8 Å². The number of para-hydroxylation sites is 1. The molecule has 0 unspecified atom stereocenters. The van der Waals surface area contributed by atoms with Crippen molar-refractivity contribution in [2.75, 3.05) is 11.5 Å². The van der Waals surface area contributed by atoms with Crippen molar-refractivity contribution in [1.82, 2.24) is 0 Å². The molecule has 2 aromatic rings. The zero-order valence-corrected chi connectivity index (χ0v) is 14.9. The molecule has 0 aliphatic heterocycles. The van der Waals surface area contributed by atoms with Crippen molar-refractivity contribution in [2.45, 2.75) is 24.8 Å². The molecule has 0 saturated heterocycles. The summed E-state index contributed by atoms with van der Waals surface area (Å²) in [6.45, 7) is 3.12. The van der Waals surface area contributed by atoms with Crippen molar-refractivity contribution in [3.8, 4) is 0 Å². The van der Waals surface area contributed by atoms with Crippen LogP contribution in [0.25, 0.3) is 0 Å². The van der Waals surface area contributed by atoms with Gasteiger partial charge < -0.3 is 4.90 Å². The number of anilines is 1. The van der Waals surface area contributed by atoms with E-state index in [4.69, 9.17) is 15.8 Å². The van der Waals surface area contributed by atoms with E-state index in [1.54, 1.807) is 12.1 Å². The zero-order chi connectivity index (χ0) is 17.7. The van der Waals surface area contributed by atoms with E-state index in [9.17, 15) is 13.2 Å². The second kappa shape index (κ2) is 7.79. The van der Waals surface area contributed by atoms with Crippen LogP contribution in [0.5, 0.6) is 0 Å². The molecule has 2 aromatic carbocycles. The Hall–Kier alpha value is -1.89. The summed E-state index contributed by atoms with van der Waals surface area (Å²) in [5.74, 6) is -0.436. The van der Waals surface area contributed by atoms with Gasteiger partial charge in [0.2, 0.25) is 0 Å². The van der Waals surface area contributed by atoms with E-state index < -0.39 is 22.6 Å². The fourth-order valence-electron chi connectivity index (χ4n) is 2.19. The van der Waals surface area contributed by atoms with Crippen LogP contribution in [0.1, 0.15) is 13.8 Å². The van der Waals surface area contributed by atoms with Gasteiger partial charge in [-0.25, -0.2) is 0 Å². The molecule has 0 fully saturated rings. The number of rotatable bonds is 6. The Kier molecular flexibility index (Phi) is 5.99. The first-order chi connectivity index (χ1) is 11.3. The Morgan fingerprint density at radius 3 is 2.21 bits per heavy atom. The Bertz CT molecular complexity index is 789. The van der Waals surface area contributed by atoms with E-state index in [0.717, 1.165) is 0 Å². The molecule has 7 heteroatoms. The molecule has 128 valence electrons. The van der Waals surface area contributed by atoms with Gasteiger partial charge in [-0.2, -0.15) is 8.42 Å². The van der Waals surface area contributed by atoms with E-state index in [0.29, 0.717) is 10.7 Å². The van der Waals surface area contributed by atoms with Gasteiger partial charge in [0.15, 0.2) is 0 Å². The third kappa shape index (κ3) is 4.56. The number of hydrogen-bond donors (Lipinski definition) is 0. The Morgan fingerprint density at radius 1 is 1.08 bits per heavy atom. The molecule has 0 N–H and O–H groups in total. The molecule has 0 aliphatic rings. The summed E-state index contributed by atoms with van der Waals surface area (Å²) >= 11 is 5.74. The molecule has 2 rings (SSSR count). The number of hydrogen-bond acceptors (Lipinski definition) is 4. The number of nitrogens with zero attached hydrogens (tertiary/aromatic N) is 1. The molecule has 1 amide bonds. The summed E-state index contributed by atoms with van der Waals surface area (Å²) < 4.78 is 29.2. The number of carbonyl (C=O) groups is 1. The molecular weight excluding hydrogens is 350 g/mol. The molecule has 0 radical (unpaired) electrons. The highest BCUT2D eigenvalue weighted by atomic mass is 35.5. The monoisotopic (exact) mass is 367 g/mol. The summed E-state index contributed by atoms with van der Waals surface area (Å²) in [4.78, 5) is 13.9. The molecule has 0 aromatic heterocycles. The lowest BCUT2D eigenvalue weighted by molar-refractivity contribution is -0.120. The SMILES string of the molecule is CC(C)N(C(=O)COS(=O)(=O)c1ccc(Cl)cc1)c1ccccc1. The molecule has 0 heterocycles. The Balaban J connectivity index is 2.12. The second-order valence-corrected chi connectivity index (χ2v) is 7.42. The topological polar surface area (TPSA) is 63.7 Å². The van der Waals surface area contributed by atoms with Gasteiger partial charge in [0.25, 0.3) is 16.0 Å². The van der Waals surface area contributed by atoms with E-state index in [1.807, 2.05) is 32.0 Å². The summed E-state index contributed by atoms with van der Waals surface area (Å²) in [5, 5.41) is 0.417. The van der Waals surface area contributed by atoms with Crippen molar-refractivity contribution in [1.29, 1.82) is 0 Å². The molecule has 0 aliphatic carbocycles. The second-order valence-electron chi connectivity index (χ2n) is 5.36. The summed E-state index contributed by atoms with van der Waals surface area (Å²) in [6, 6.07) is 14.5. The average Bonchev–Trinajstić information content (AvgIpc) is 2.54. The number of carbonyl (C=O) groups excluding carboxylic acids is 1. The standard InChI is InChI=1S/C17H18ClNO4S/c1-13(2)19(15-6-4-3-5-7-15)17(20)12-23-24(21,22)16-10-8-14(18)9-11-16/h3-11,13H,12H2,1-2H3. The van der Waals surface area contributed by atoms with E-state index >= 15 is 0 Å². The van der Waals surface area contributed by atoms with Gasteiger partial charge >= 0.3 is 0 Å². The van der Waals surface area contributed by atoms with Crippen LogP contribution in [0.15, 0.2) is 59.5 Å². The highest BCUT2D eigenvalue weighted by Crippen LogP contribution is 2.19. The van der Waals surface area contributed by atoms with Gasteiger partial charge in [0.05, 0.1) is 4.90 Å². The van der Waals surface area contributed by atoms with Crippen LogP contribution in [0, 0.1) is 0 Å². The lowest BCUT2D eigenvalue weighted by atomic mass is 10.2. The average molecular weight is 368 g/mol. The first kappa shape index (κ1) is 18.4. The highest BCUT2D eigenvalue weighted by molar-refractivity contribution is 7.86. The molecule has 0 bridgehead atoms. The van der Waals surface area contributed by atoms with Crippen LogP contribution < -0.4 is 4.90 Å². The summed E-state index contributed by atoms with van der Waals surface area (Å²) in [5.41, 5.74) is 0.685. The van der Waals surface area contributed by atoms with Gasteiger partial charge in [0.1, 0.15) is 6.61 Å². The van der Waals surface area contributed by atoms with Crippen LogP contribution in [0.4, 0.5) is 5.69 Å². The Morgan fingerprint density at radius 2 is 1.67 bits per heavy atom. The first-order valence-corrected chi connectivity index (χ1v) is 9.12. The first-order valence-electron chi connectivity index (χ1n) is 7.33. The summed E-state index contributed by atoms with van der Waals surface area (Å²) in [6.07, 6.45) is 0. The maximum Gasteiger partial charge on any atom is 0.297 e. The number of benzene rings is 2. The quantitative estimate of drug-likeness (QED) is 0.733. The number of halogens is 1. The lowest BCUT2D eigenvalue weighted by Crippen LogP contribution is -2.39. The van der Waals surface area contributed by atoms with Crippen molar-refractivity contribution >= 4 is 33.3 Å². The van der Waals surface area contributed by atoms with Gasteiger partial charge in [0, 0.05) is 16.8 Å². The van der Waals surface area contributed by atoms with Crippen LogP contribution in [-0.4, -0.2) is 27.0 Å². The van der Waals surface area contributed by atoms with Gasteiger partial charge in [-0.3, -0.25) is 8.98 Å². The minimum absolute atomic E-state index is 0.0458. The largest absolute Gasteiger partial charge is 0.308 e. The number of amides is 1. The normalized spacial score (nSPS) is 11.5. The molecule has 5 nitrogen and oxygen atoms in total. The molecular formula is C17H18ClNO4S. The minimum Gasteiger partial charge on any atom is -0.308 e. The maximum atomic E-state index is 12.4. The Labute approximate surface area is 146 Å². The lowest BCUT2D eigenvalue weighted by Gasteiger charge is -2.26. The highest BCUT2D eigenvalue weighted by Gasteiger charge is 2.23.